The fourth-order valence-corrected chi connectivity index (χ4v) is 1.51. The van der Waals surface area contributed by atoms with Crippen LogP contribution in [0.4, 0.5) is 0 Å². The molecule has 0 aliphatic rings. The molecule has 0 radical (unpaired) electrons. The number of aromatic amines is 1. The van der Waals surface area contributed by atoms with Gasteiger partial charge in [0.2, 0.25) is 0 Å². The Bertz CT molecular complexity index is 586. The van der Waals surface area contributed by atoms with E-state index in [2.05, 4.69) is 19.9 Å². The number of H-pyrrole nitrogens is 1. The number of imidazole rings is 1. The number of pyridine rings is 2. The molecule has 0 saturated heterocycles. The lowest BCUT2D eigenvalue weighted by Gasteiger charge is -1.98. The van der Waals surface area contributed by atoms with E-state index in [1.165, 1.54) is 0 Å². The smallest absolute Gasteiger partial charge is 0.177 e. The fourth-order valence-electron chi connectivity index (χ4n) is 1.51. The quantitative estimate of drug-likeness (QED) is 0.647. The largest absolute Gasteiger partial charge is 0.343 e. The average molecular weight is 196 g/mol. The molecule has 15 heavy (non-hydrogen) atoms. The summed E-state index contributed by atoms with van der Waals surface area (Å²) in [5.74, 6) is 0. The monoisotopic (exact) mass is 196 g/mol. The lowest BCUT2D eigenvalue weighted by Crippen LogP contribution is -1.84. The predicted octanol–water partition coefficient (Wildman–Crippen LogP) is 2.02. The Hall–Kier alpha value is -2.23. The second-order valence-corrected chi connectivity index (χ2v) is 3.21. The van der Waals surface area contributed by atoms with Gasteiger partial charge in [-0.25, -0.2) is 9.97 Å². The SMILES string of the molecule is c1cc(-c2ccc3[nH]cnc3n2)ccn1. The summed E-state index contributed by atoms with van der Waals surface area (Å²) in [6, 6.07) is 7.81. The van der Waals surface area contributed by atoms with Crippen LogP contribution in [-0.2, 0) is 0 Å². The Morgan fingerprint density at radius 2 is 1.87 bits per heavy atom. The van der Waals surface area contributed by atoms with Gasteiger partial charge >= 0.3 is 0 Å². The van der Waals surface area contributed by atoms with Crippen LogP contribution in [0.3, 0.4) is 0 Å². The summed E-state index contributed by atoms with van der Waals surface area (Å²) >= 11 is 0. The van der Waals surface area contributed by atoms with Crippen molar-refractivity contribution in [3.8, 4) is 11.3 Å². The first kappa shape index (κ1) is 8.11. The van der Waals surface area contributed by atoms with Crippen LogP contribution in [0.25, 0.3) is 22.4 Å². The second kappa shape index (κ2) is 3.16. The van der Waals surface area contributed by atoms with Crippen molar-refractivity contribution in [1.82, 2.24) is 19.9 Å². The first-order valence-electron chi connectivity index (χ1n) is 4.64. The number of nitrogens with zero attached hydrogens (tertiary/aromatic N) is 3. The highest BCUT2D eigenvalue weighted by Crippen LogP contribution is 2.17. The second-order valence-electron chi connectivity index (χ2n) is 3.21. The zero-order valence-corrected chi connectivity index (χ0v) is 7.88. The van der Waals surface area contributed by atoms with Gasteiger partial charge in [0.15, 0.2) is 5.65 Å². The summed E-state index contributed by atoms with van der Waals surface area (Å²) in [7, 11) is 0. The highest BCUT2D eigenvalue weighted by Gasteiger charge is 2.01. The minimum absolute atomic E-state index is 0.740. The third-order valence-corrected chi connectivity index (χ3v) is 2.26. The lowest BCUT2D eigenvalue weighted by atomic mass is 10.2. The molecule has 3 heterocycles. The zero-order valence-electron chi connectivity index (χ0n) is 7.88. The zero-order chi connectivity index (χ0) is 10.1. The fraction of sp³-hybridized carbons (Fsp3) is 0. The molecule has 0 spiro atoms. The van der Waals surface area contributed by atoms with E-state index in [0.717, 1.165) is 22.4 Å². The molecule has 0 atom stereocenters. The summed E-state index contributed by atoms with van der Waals surface area (Å²) in [6.07, 6.45) is 5.16. The Labute approximate surface area is 86.0 Å². The number of hydrogen-bond acceptors (Lipinski definition) is 3. The molecular formula is C11H8N4. The molecule has 0 saturated carbocycles. The molecular weight excluding hydrogens is 188 g/mol. The summed E-state index contributed by atoms with van der Waals surface area (Å²) in [6.45, 7) is 0. The Morgan fingerprint density at radius 1 is 1.00 bits per heavy atom. The minimum atomic E-state index is 0.740. The van der Waals surface area contributed by atoms with E-state index in [1.807, 2.05) is 24.3 Å². The van der Waals surface area contributed by atoms with Crippen LogP contribution >= 0.6 is 0 Å². The standard InChI is InChI=1S/C11H8N4/c1-2-10-11(14-7-13-10)15-9(1)8-3-5-12-6-4-8/h1-7H,(H,13,14,15). The van der Waals surface area contributed by atoms with Gasteiger partial charge in [-0.3, -0.25) is 4.98 Å². The Morgan fingerprint density at radius 3 is 2.73 bits per heavy atom. The van der Waals surface area contributed by atoms with Crippen molar-refractivity contribution >= 4 is 11.2 Å². The van der Waals surface area contributed by atoms with Crippen LogP contribution in [0.1, 0.15) is 0 Å². The van der Waals surface area contributed by atoms with Crippen LogP contribution in [0.2, 0.25) is 0 Å². The molecule has 0 bridgehead atoms. The molecule has 0 fully saturated rings. The summed E-state index contributed by atoms with van der Waals surface area (Å²) in [4.78, 5) is 15.5. The molecule has 0 aromatic carbocycles. The topological polar surface area (TPSA) is 54.5 Å². The van der Waals surface area contributed by atoms with Gasteiger partial charge in [-0.15, -0.1) is 0 Å². The third-order valence-electron chi connectivity index (χ3n) is 2.26. The normalized spacial score (nSPS) is 10.7. The van der Waals surface area contributed by atoms with Crippen molar-refractivity contribution in [3.05, 3.63) is 43.0 Å². The number of aromatic nitrogens is 4. The number of nitrogens with one attached hydrogen (secondary N) is 1. The minimum Gasteiger partial charge on any atom is -0.343 e. The third kappa shape index (κ3) is 1.36. The number of hydrogen-bond donors (Lipinski definition) is 1. The van der Waals surface area contributed by atoms with E-state index in [-0.39, 0.29) is 0 Å². The van der Waals surface area contributed by atoms with Gasteiger partial charge in [0.05, 0.1) is 17.5 Å². The summed E-state index contributed by atoms with van der Waals surface area (Å²) in [5, 5.41) is 0. The molecule has 0 unspecified atom stereocenters. The maximum absolute atomic E-state index is 4.44. The first-order chi connectivity index (χ1) is 7.43. The van der Waals surface area contributed by atoms with Crippen molar-refractivity contribution in [2.75, 3.05) is 0 Å². The van der Waals surface area contributed by atoms with E-state index in [9.17, 15) is 0 Å². The van der Waals surface area contributed by atoms with Gasteiger partial charge in [-0.2, -0.15) is 0 Å². The first-order valence-corrected chi connectivity index (χ1v) is 4.64. The van der Waals surface area contributed by atoms with Crippen molar-refractivity contribution in [1.29, 1.82) is 0 Å². The van der Waals surface area contributed by atoms with E-state index in [0.29, 0.717) is 0 Å². The van der Waals surface area contributed by atoms with Crippen molar-refractivity contribution in [2.45, 2.75) is 0 Å². The molecule has 4 heteroatoms. The molecule has 0 aliphatic heterocycles. The predicted molar refractivity (Wildman–Crippen MR) is 57.1 cm³/mol. The highest BCUT2D eigenvalue weighted by atomic mass is 14.9. The average Bonchev–Trinajstić information content (AvgIpc) is 2.77. The summed E-state index contributed by atoms with van der Waals surface area (Å²) in [5.41, 5.74) is 3.66. The molecule has 0 amide bonds. The van der Waals surface area contributed by atoms with Gasteiger partial charge in [-0.1, -0.05) is 0 Å². The molecule has 72 valence electrons. The maximum atomic E-state index is 4.44. The maximum Gasteiger partial charge on any atom is 0.177 e. The molecule has 1 N–H and O–H groups in total. The van der Waals surface area contributed by atoms with Crippen LogP contribution in [-0.4, -0.2) is 19.9 Å². The van der Waals surface area contributed by atoms with Gasteiger partial charge in [0.1, 0.15) is 0 Å². The van der Waals surface area contributed by atoms with Crippen LogP contribution in [0.5, 0.6) is 0 Å². The highest BCUT2D eigenvalue weighted by molar-refractivity contribution is 5.74. The molecule has 0 aliphatic carbocycles. The van der Waals surface area contributed by atoms with Crippen molar-refractivity contribution in [3.63, 3.8) is 0 Å². The van der Waals surface area contributed by atoms with Gasteiger partial charge in [0, 0.05) is 18.0 Å². The summed E-state index contributed by atoms with van der Waals surface area (Å²) < 4.78 is 0. The number of fused-ring (bicyclic) bond motifs is 1. The van der Waals surface area contributed by atoms with Crippen LogP contribution in [0, 0.1) is 0 Å². The molecule has 3 aromatic rings. The van der Waals surface area contributed by atoms with Crippen LogP contribution < -0.4 is 0 Å². The molecule has 3 aromatic heterocycles. The van der Waals surface area contributed by atoms with Crippen molar-refractivity contribution in [2.24, 2.45) is 0 Å². The van der Waals surface area contributed by atoms with E-state index >= 15 is 0 Å². The molecule has 4 nitrogen and oxygen atoms in total. The van der Waals surface area contributed by atoms with Gasteiger partial charge in [0.25, 0.3) is 0 Å². The Kier molecular flexibility index (Phi) is 1.71. The van der Waals surface area contributed by atoms with E-state index < -0.39 is 0 Å². The van der Waals surface area contributed by atoms with Crippen molar-refractivity contribution < 1.29 is 0 Å². The number of rotatable bonds is 1. The molecule has 3 rings (SSSR count). The van der Waals surface area contributed by atoms with E-state index in [4.69, 9.17) is 0 Å². The Balaban J connectivity index is 2.19. The van der Waals surface area contributed by atoms with Gasteiger partial charge < -0.3 is 4.98 Å². The van der Waals surface area contributed by atoms with Gasteiger partial charge in [-0.05, 0) is 24.3 Å². The van der Waals surface area contributed by atoms with Crippen LogP contribution in [0.15, 0.2) is 43.0 Å². The lowest BCUT2D eigenvalue weighted by molar-refractivity contribution is 1.29. The van der Waals surface area contributed by atoms with E-state index in [1.54, 1.807) is 18.7 Å².